The summed E-state index contributed by atoms with van der Waals surface area (Å²) < 4.78 is 4.92. The van der Waals surface area contributed by atoms with E-state index in [1.165, 1.54) is 4.90 Å². The Balaban J connectivity index is 1.78. The smallest absolute Gasteiger partial charge is 0.414 e. The van der Waals surface area contributed by atoms with Crippen molar-refractivity contribution in [2.45, 2.75) is 6.92 Å². The summed E-state index contributed by atoms with van der Waals surface area (Å²) in [5.74, 6) is -0.0964. The zero-order valence-electron chi connectivity index (χ0n) is 12.9. The first-order valence-corrected chi connectivity index (χ1v) is 7.47. The third kappa shape index (κ3) is 3.48. The van der Waals surface area contributed by atoms with E-state index >= 15 is 0 Å². The normalized spacial score (nSPS) is 14.3. The van der Waals surface area contributed by atoms with Crippen molar-refractivity contribution in [2.75, 3.05) is 18.1 Å². The highest BCUT2D eigenvalue weighted by Gasteiger charge is 2.23. The van der Waals surface area contributed by atoms with Gasteiger partial charge in [-0.15, -0.1) is 0 Å². The van der Waals surface area contributed by atoms with Crippen molar-refractivity contribution in [1.29, 1.82) is 0 Å². The Bertz CT molecular complexity index is 780. The van der Waals surface area contributed by atoms with Crippen molar-refractivity contribution in [3.8, 4) is 0 Å². The average molecular weight is 307 g/mol. The lowest BCUT2D eigenvalue weighted by molar-refractivity contribution is 0.104. The van der Waals surface area contributed by atoms with Crippen LogP contribution in [0.5, 0.6) is 0 Å². The lowest BCUT2D eigenvalue weighted by Crippen LogP contribution is -2.23. The van der Waals surface area contributed by atoms with Crippen LogP contribution < -0.4 is 4.90 Å². The van der Waals surface area contributed by atoms with E-state index in [0.717, 1.165) is 11.1 Å². The fourth-order valence-corrected chi connectivity index (χ4v) is 2.50. The van der Waals surface area contributed by atoms with Gasteiger partial charge in [-0.3, -0.25) is 9.69 Å². The number of hydrogen-bond acceptors (Lipinski definition) is 3. The maximum atomic E-state index is 12.3. The minimum absolute atomic E-state index is 0.0964. The predicted molar refractivity (Wildman–Crippen MR) is 89.7 cm³/mol. The van der Waals surface area contributed by atoms with Crippen LogP contribution in [0, 0.1) is 6.92 Å². The minimum atomic E-state index is -0.370. The maximum Gasteiger partial charge on any atom is 0.414 e. The Morgan fingerprint density at radius 3 is 2.74 bits per heavy atom. The zero-order valence-corrected chi connectivity index (χ0v) is 12.9. The Morgan fingerprint density at radius 1 is 1.17 bits per heavy atom. The summed E-state index contributed by atoms with van der Waals surface area (Å²) in [7, 11) is 0. The molecule has 1 fully saturated rings. The van der Waals surface area contributed by atoms with Crippen molar-refractivity contribution >= 4 is 23.6 Å². The van der Waals surface area contributed by atoms with Crippen molar-refractivity contribution < 1.29 is 14.3 Å². The second-order valence-corrected chi connectivity index (χ2v) is 5.43. The van der Waals surface area contributed by atoms with Gasteiger partial charge in [-0.1, -0.05) is 48.0 Å². The van der Waals surface area contributed by atoms with Crippen LogP contribution in [-0.4, -0.2) is 25.0 Å². The third-order valence-corrected chi connectivity index (χ3v) is 3.67. The molecule has 4 nitrogen and oxygen atoms in total. The molecule has 2 aromatic rings. The van der Waals surface area contributed by atoms with E-state index in [9.17, 15) is 9.59 Å². The molecule has 0 aromatic heterocycles. The molecule has 0 bridgehead atoms. The molecule has 0 spiro atoms. The fraction of sp³-hybridized carbons (Fsp3) is 0.158. The van der Waals surface area contributed by atoms with E-state index in [-0.39, 0.29) is 11.9 Å². The number of benzene rings is 2. The number of ketones is 1. The number of amides is 1. The number of rotatable bonds is 4. The number of anilines is 1. The summed E-state index contributed by atoms with van der Waals surface area (Å²) in [6.45, 7) is 2.90. The first kappa shape index (κ1) is 15.0. The number of carbonyl (C=O) groups excluding carboxylic acids is 2. The number of aryl methyl sites for hydroxylation is 1. The van der Waals surface area contributed by atoms with Crippen LogP contribution >= 0.6 is 0 Å². The second-order valence-electron chi connectivity index (χ2n) is 5.43. The molecule has 1 heterocycles. The highest BCUT2D eigenvalue weighted by atomic mass is 16.6. The number of allylic oxidation sites excluding steroid dienone is 1. The average Bonchev–Trinajstić information content (AvgIpc) is 2.99. The molecule has 1 aliphatic heterocycles. The van der Waals surface area contributed by atoms with Gasteiger partial charge in [0.25, 0.3) is 0 Å². The first-order valence-electron chi connectivity index (χ1n) is 7.47. The van der Waals surface area contributed by atoms with E-state index in [0.29, 0.717) is 24.4 Å². The van der Waals surface area contributed by atoms with Gasteiger partial charge < -0.3 is 4.74 Å². The highest BCUT2D eigenvalue weighted by molar-refractivity contribution is 6.07. The van der Waals surface area contributed by atoms with Crippen LogP contribution in [-0.2, 0) is 4.74 Å². The van der Waals surface area contributed by atoms with E-state index in [1.54, 1.807) is 36.4 Å². The Morgan fingerprint density at radius 2 is 2.00 bits per heavy atom. The van der Waals surface area contributed by atoms with Crippen molar-refractivity contribution in [3.63, 3.8) is 0 Å². The van der Waals surface area contributed by atoms with Crippen molar-refractivity contribution in [3.05, 3.63) is 71.3 Å². The van der Waals surface area contributed by atoms with E-state index in [4.69, 9.17) is 4.74 Å². The summed E-state index contributed by atoms with van der Waals surface area (Å²) in [6, 6.07) is 15.0. The van der Waals surface area contributed by atoms with Crippen LogP contribution in [0.3, 0.4) is 0 Å². The lowest BCUT2D eigenvalue weighted by atomic mass is 10.1. The summed E-state index contributed by atoms with van der Waals surface area (Å²) in [4.78, 5) is 25.5. The molecule has 3 rings (SSSR count). The van der Waals surface area contributed by atoms with E-state index in [1.807, 2.05) is 31.2 Å². The second kappa shape index (κ2) is 6.48. The topological polar surface area (TPSA) is 46.6 Å². The molecule has 0 N–H and O–H groups in total. The number of nitrogens with zero attached hydrogens (tertiary/aromatic N) is 1. The molecule has 4 heteroatoms. The quantitative estimate of drug-likeness (QED) is 0.637. The molecule has 1 aliphatic rings. The van der Waals surface area contributed by atoms with Gasteiger partial charge in [-0.2, -0.15) is 0 Å². The molecule has 0 saturated carbocycles. The molecule has 116 valence electrons. The molecule has 0 aliphatic carbocycles. The number of ether oxygens (including phenoxy) is 1. The predicted octanol–water partition coefficient (Wildman–Crippen LogP) is 3.85. The number of hydrogen-bond donors (Lipinski definition) is 0. The van der Waals surface area contributed by atoms with Crippen LogP contribution in [0.25, 0.3) is 6.08 Å². The van der Waals surface area contributed by atoms with Gasteiger partial charge in [-0.25, -0.2) is 4.79 Å². The van der Waals surface area contributed by atoms with Gasteiger partial charge in [0.15, 0.2) is 5.78 Å². The Labute approximate surface area is 135 Å². The molecule has 0 atom stereocenters. The summed E-state index contributed by atoms with van der Waals surface area (Å²) in [5, 5.41) is 0. The first-order chi connectivity index (χ1) is 11.1. The lowest BCUT2D eigenvalue weighted by Gasteiger charge is -2.13. The van der Waals surface area contributed by atoms with Gasteiger partial charge >= 0.3 is 6.09 Å². The number of cyclic esters (lactones) is 1. The SMILES string of the molecule is Cc1cccc(/C=C/C(=O)c2cccc(N3CCOC3=O)c2)c1. The van der Waals surface area contributed by atoms with Crippen molar-refractivity contribution in [1.82, 2.24) is 0 Å². The van der Waals surface area contributed by atoms with Crippen LogP contribution in [0.4, 0.5) is 10.5 Å². The molecular weight excluding hydrogens is 290 g/mol. The molecule has 0 radical (unpaired) electrons. The summed E-state index contributed by atoms with van der Waals surface area (Å²) in [5.41, 5.74) is 3.36. The molecule has 1 amide bonds. The van der Waals surface area contributed by atoms with Crippen LogP contribution in [0.2, 0.25) is 0 Å². The molecule has 2 aromatic carbocycles. The Kier molecular flexibility index (Phi) is 4.24. The molecule has 0 unspecified atom stereocenters. The van der Waals surface area contributed by atoms with Gasteiger partial charge in [0.1, 0.15) is 6.61 Å². The monoisotopic (exact) mass is 307 g/mol. The summed E-state index contributed by atoms with van der Waals surface area (Å²) >= 11 is 0. The number of carbonyl (C=O) groups is 2. The van der Waals surface area contributed by atoms with E-state index < -0.39 is 0 Å². The van der Waals surface area contributed by atoms with Gasteiger partial charge in [0, 0.05) is 11.3 Å². The van der Waals surface area contributed by atoms with Gasteiger partial charge in [-0.05, 0) is 30.7 Å². The molecular formula is C19H17NO3. The largest absolute Gasteiger partial charge is 0.447 e. The summed E-state index contributed by atoms with van der Waals surface area (Å²) in [6.07, 6.45) is 2.98. The van der Waals surface area contributed by atoms with Crippen molar-refractivity contribution in [2.24, 2.45) is 0 Å². The van der Waals surface area contributed by atoms with Crippen LogP contribution in [0.15, 0.2) is 54.6 Å². The minimum Gasteiger partial charge on any atom is -0.447 e. The Hall–Kier alpha value is -2.88. The molecule has 1 saturated heterocycles. The van der Waals surface area contributed by atoms with Crippen LogP contribution in [0.1, 0.15) is 21.5 Å². The van der Waals surface area contributed by atoms with Gasteiger partial charge in [0.2, 0.25) is 0 Å². The third-order valence-electron chi connectivity index (χ3n) is 3.67. The molecule has 23 heavy (non-hydrogen) atoms. The van der Waals surface area contributed by atoms with Gasteiger partial charge in [0.05, 0.1) is 6.54 Å². The maximum absolute atomic E-state index is 12.3. The highest BCUT2D eigenvalue weighted by Crippen LogP contribution is 2.20. The zero-order chi connectivity index (χ0) is 16.2. The fourth-order valence-electron chi connectivity index (χ4n) is 2.50. The van der Waals surface area contributed by atoms with E-state index in [2.05, 4.69) is 0 Å². The standard InChI is InChI=1S/C19H17NO3/c1-14-4-2-5-15(12-14)8-9-18(21)16-6-3-7-17(13-16)20-10-11-23-19(20)22/h2-9,12-13H,10-11H2,1H3/b9-8+.